The summed E-state index contributed by atoms with van der Waals surface area (Å²) in [4.78, 5) is 11.7. The van der Waals surface area contributed by atoms with Gasteiger partial charge in [-0.1, -0.05) is 42.5 Å². The molecule has 0 aliphatic carbocycles. The molecule has 3 heteroatoms. The van der Waals surface area contributed by atoms with Crippen molar-refractivity contribution in [1.82, 2.24) is 5.32 Å². The summed E-state index contributed by atoms with van der Waals surface area (Å²) in [6, 6.07) is 16.1. The van der Waals surface area contributed by atoms with E-state index < -0.39 is 0 Å². The Morgan fingerprint density at radius 1 is 1.05 bits per heavy atom. The molecular formula is C16H15NO2. The lowest BCUT2D eigenvalue weighted by atomic mass is 10.2. The van der Waals surface area contributed by atoms with Gasteiger partial charge < -0.3 is 10.4 Å². The first kappa shape index (κ1) is 12.9. The topological polar surface area (TPSA) is 49.3 Å². The number of carbonyl (C=O) groups excluding carboxylic acids is 1. The fraction of sp³-hybridized carbons (Fsp3) is 0.0625. The van der Waals surface area contributed by atoms with Crippen LogP contribution in [-0.2, 0) is 0 Å². The first-order chi connectivity index (χ1) is 9.25. The van der Waals surface area contributed by atoms with Crippen molar-refractivity contribution in [3.05, 3.63) is 71.8 Å². The molecule has 0 aliphatic rings. The van der Waals surface area contributed by atoms with Crippen LogP contribution in [0.25, 0.3) is 6.08 Å². The van der Waals surface area contributed by atoms with Crippen LogP contribution in [0.15, 0.2) is 60.7 Å². The minimum atomic E-state index is -0.155. The van der Waals surface area contributed by atoms with Crippen LogP contribution in [0, 0.1) is 0 Å². The van der Waals surface area contributed by atoms with Gasteiger partial charge in [0.25, 0.3) is 5.91 Å². The van der Waals surface area contributed by atoms with E-state index in [1.807, 2.05) is 42.5 Å². The Kier molecular flexibility index (Phi) is 4.34. The third-order valence-corrected chi connectivity index (χ3v) is 2.62. The molecular weight excluding hydrogens is 238 g/mol. The van der Waals surface area contributed by atoms with Crippen LogP contribution in [0.1, 0.15) is 15.9 Å². The van der Waals surface area contributed by atoms with Gasteiger partial charge in [-0.05, 0) is 29.8 Å². The normalized spacial score (nSPS) is 10.5. The van der Waals surface area contributed by atoms with Crippen LogP contribution in [0.3, 0.4) is 0 Å². The van der Waals surface area contributed by atoms with Gasteiger partial charge in [0, 0.05) is 12.1 Å². The van der Waals surface area contributed by atoms with Gasteiger partial charge in [-0.3, -0.25) is 4.79 Å². The van der Waals surface area contributed by atoms with Crippen LogP contribution in [-0.4, -0.2) is 17.6 Å². The zero-order valence-electron chi connectivity index (χ0n) is 10.4. The van der Waals surface area contributed by atoms with E-state index in [-0.39, 0.29) is 11.7 Å². The minimum absolute atomic E-state index is 0.153. The molecule has 2 aromatic carbocycles. The Balaban J connectivity index is 1.84. The maximum Gasteiger partial charge on any atom is 0.251 e. The van der Waals surface area contributed by atoms with Gasteiger partial charge in [0.15, 0.2) is 0 Å². The lowest BCUT2D eigenvalue weighted by molar-refractivity contribution is 0.0958. The fourth-order valence-electron chi connectivity index (χ4n) is 1.63. The van der Waals surface area contributed by atoms with Crippen molar-refractivity contribution < 1.29 is 9.90 Å². The predicted octanol–water partition coefficient (Wildman–Crippen LogP) is 2.84. The fourth-order valence-corrected chi connectivity index (χ4v) is 1.63. The molecule has 0 spiro atoms. The monoisotopic (exact) mass is 253 g/mol. The Hall–Kier alpha value is -2.55. The molecule has 0 fully saturated rings. The molecule has 1 amide bonds. The van der Waals surface area contributed by atoms with Crippen LogP contribution < -0.4 is 5.32 Å². The summed E-state index contributed by atoms with van der Waals surface area (Å²) in [6.07, 6.45) is 3.85. The molecule has 19 heavy (non-hydrogen) atoms. The van der Waals surface area contributed by atoms with Gasteiger partial charge in [-0.15, -0.1) is 0 Å². The Bertz CT molecular complexity index is 559. The quantitative estimate of drug-likeness (QED) is 0.880. The summed E-state index contributed by atoms with van der Waals surface area (Å²) in [5, 5.41) is 11.9. The molecule has 0 saturated carbocycles. The SMILES string of the molecule is O=C(NCC=Cc1ccccc1)c1ccc(O)cc1. The number of rotatable bonds is 4. The molecule has 0 bridgehead atoms. The third-order valence-electron chi connectivity index (χ3n) is 2.62. The number of aromatic hydroxyl groups is 1. The predicted molar refractivity (Wildman–Crippen MR) is 75.9 cm³/mol. The van der Waals surface area contributed by atoms with Gasteiger partial charge in [0.05, 0.1) is 0 Å². The van der Waals surface area contributed by atoms with Crippen molar-refractivity contribution in [3.8, 4) is 5.75 Å². The number of nitrogens with one attached hydrogen (secondary N) is 1. The van der Waals surface area contributed by atoms with Gasteiger partial charge in [-0.25, -0.2) is 0 Å². The Labute approximate surface area is 112 Å². The highest BCUT2D eigenvalue weighted by molar-refractivity contribution is 5.94. The molecule has 0 aromatic heterocycles. The largest absolute Gasteiger partial charge is 0.508 e. The van der Waals surface area contributed by atoms with E-state index in [0.717, 1.165) is 5.56 Å². The molecule has 2 N–H and O–H groups in total. The number of benzene rings is 2. The first-order valence-corrected chi connectivity index (χ1v) is 6.04. The summed E-state index contributed by atoms with van der Waals surface area (Å²) < 4.78 is 0. The number of phenols is 1. The molecule has 0 atom stereocenters. The molecule has 2 aromatic rings. The number of hydrogen-bond donors (Lipinski definition) is 2. The average molecular weight is 253 g/mol. The lowest BCUT2D eigenvalue weighted by Gasteiger charge is -2.02. The second-order valence-electron chi connectivity index (χ2n) is 4.07. The smallest absolute Gasteiger partial charge is 0.251 e. The van der Waals surface area contributed by atoms with Crippen molar-refractivity contribution >= 4 is 12.0 Å². The zero-order chi connectivity index (χ0) is 13.5. The molecule has 2 rings (SSSR count). The van der Waals surface area contributed by atoms with Crippen LogP contribution in [0.5, 0.6) is 5.75 Å². The average Bonchev–Trinajstić information content (AvgIpc) is 2.45. The molecule has 0 unspecified atom stereocenters. The van der Waals surface area contributed by atoms with Gasteiger partial charge >= 0.3 is 0 Å². The summed E-state index contributed by atoms with van der Waals surface area (Å²) in [6.45, 7) is 0.467. The van der Waals surface area contributed by atoms with Gasteiger partial charge in [0.1, 0.15) is 5.75 Å². The summed E-state index contributed by atoms with van der Waals surface area (Å²) in [5.74, 6) is -0.00163. The lowest BCUT2D eigenvalue weighted by Crippen LogP contribution is -2.23. The number of amides is 1. The van der Waals surface area contributed by atoms with Crippen LogP contribution >= 0.6 is 0 Å². The summed E-state index contributed by atoms with van der Waals surface area (Å²) >= 11 is 0. The van der Waals surface area contributed by atoms with Crippen molar-refractivity contribution in [2.45, 2.75) is 0 Å². The number of hydrogen-bond acceptors (Lipinski definition) is 2. The molecule has 0 radical (unpaired) electrons. The molecule has 96 valence electrons. The molecule has 0 heterocycles. The molecule has 3 nitrogen and oxygen atoms in total. The van der Waals surface area contributed by atoms with Crippen molar-refractivity contribution in [3.63, 3.8) is 0 Å². The van der Waals surface area contributed by atoms with Crippen molar-refractivity contribution in [2.24, 2.45) is 0 Å². The zero-order valence-corrected chi connectivity index (χ0v) is 10.4. The van der Waals surface area contributed by atoms with Crippen molar-refractivity contribution in [1.29, 1.82) is 0 Å². The first-order valence-electron chi connectivity index (χ1n) is 6.04. The van der Waals surface area contributed by atoms with Gasteiger partial charge in [0.2, 0.25) is 0 Å². The Morgan fingerprint density at radius 2 is 1.74 bits per heavy atom. The maximum atomic E-state index is 11.7. The highest BCUT2D eigenvalue weighted by Crippen LogP contribution is 2.09. The molecule has 0 saturated heterocycles. The van der Waals surface area contributed by atoms with E-state index in [1.54, 1.807) is 12.1 Å². The second-order valence-corrected chi connectivity index (χ2v) is 4.07. The van der Waals surface area contributed by atoms with Crippen molar-refractivity contribution in [2.75, 3.05) is 6.54 Å². The second kappa shape index (κ2) is 6.40. The number of phenolic OH excluding ortho intramolecular Hbond substituents is 1. The van der Waals surface area contributed by atoms with E-state index >= 15 is 0 Å². The van der Waals surface area contributed by atoms with E-state index in [9.17, 15) is 4.79 Å². The maximum absolute atomic E-state index is 11.7. The number of carbonyl (C=O) groups is 1. The van der Waals surface area contributed by atoms with E-state index in [2.05, 4.69) is 5.32 Å². The standard InChI is InChI=1S/C16H15NO2/c18-15-10-8-14(9-11-15)16(19)17-12-4-7-13-5-2-1-3-6-13/h1-11,18H,12H2,(H,17,19). The van der Waals surface area contributed by atoms with Crippen LogP contribution in [0.2, 0.25) is 0 Å². The van der Waals surface area contributed by atoms with E-state index in [0.29, 0.717) is 12.1 Å². The minimum Gasteiger partial charge on any atom is -0.508 e. The van der Waals surface area contributed by atoms with Gasteiger partial charge in [-0.2, -0.15) is 0 Å². The van der Waals surface area contributed by atoms with E-state index in [4.69, 9.17) is 5.11 Å². The van der Waals surface area contributed by atoms with E-state index in [1.165, 1.54) is 12.1 Å². The highest BCUT2D eigenvalue weighted by Gasteiger charge is 2.02. The third kappa shape index (κ3) is 4.00. The summed E-state index contributed by atoms with van der Waals surface area (Å²) in [7, 11) is 0. The highest BCUT2D eigenvalue weighted by atomic mass is 16.3. The molecule has 0 aliphatic heterocycles. The Morgan fingerprint density at radius 3 is 2.42 bits per heavy atom. The van der Waals surface area contributed by atoms with Crippen LogP contribution in [0.4, 0.5) is 0 Å². The summed E-state index contributed by atoms with van der Waals surface area (Å²) in [5.41, 5.74) is 1.63.